The van der Waals surface area contributed by atoms with E-state index in [1.165, 1.54) is 40.4 Å². The number of nitrogens with one attached hydrogen (secondary N) is 1. The summed E-state index contributed by atoms with van der Waals surface area (Å²) in [5.41, 5.74) is 5.40. The van der Waals surface area contributed by atoms with Crippen LogP contribution in [0.4, 0.5) is 4.79 Å². The standard InChI is InChI=1S/C19H33N5O4S/c1-4-5-6-7-8-15(2)21-19(26)23-9-11-24(12-10-23)29(27,28)16-13-17(18(20)25)22(3)14-16/h13-15H,4-12H2,1-3H3,(H2,20,25)(H,21,26)/t15-/m0/s1. The number of carbonyl (C=O) groups excluding carboxylic acids is 2. The van der Waals surface area contributed by atoms with E-state index in [9.17, 15) is 18.0 Å². The number of aryl methyl sites for hydroxylation is 1. The van der Waals surface area contributed by atoms with Crippen LogP contribution >= 0.6 is 0 Å². The Morgan fingerprint density at radius 3 is 2.38 bits per heavy atom. The van der Waals surface area contributed by atoms with Crippen molar-refractivity contribution in [3.8, 4) is 0 Å². The van der Waals surface area contributed by atoms with E-state index in [1.54, 1.807) is 11.9 Å². The zero-order valence-corrected chi connectivity index (χ0v) is 18.4. The molecule has 3 N–H and O–H groups in total. The number of unbranched alkanes of at least 4 members (excludes halogenated alkanes) is 3. The van der Waals surface area contributed by atoms with Crippen molar-refractivity contribution >= 4 is 22.0 Å². The number of aromatic nitrogens is 1. The molecule has 1 aliphatic heterocycles. The van der Waals surface area contributed by atoms with Crippen molar-refractivity contribution in [1.29, 1.82) is 0 Å². The van der Waals surface area contributed by atoms with E-state index < -0.39 is 15.9 Å². The molecule has 1 aliphatic rings. The molecule has 0 aliphatic carbocycles. The van der Waals surface area contributed by atoms with E-state index in [0.29, 0.717) is 13.1 Å². The zero-order chi connectivity index (χ0) is 21.6. The minimum atomic E-state index is -3.74. The first-order valence-corrected chi connectivity index (χ1v) is 11.6. The molecule has 10 heteroatoms. The first-order chi connectivity index (χ1) is 13.7. The fraction of sp³-hybridized carbons (Fsp3) is 0.684. The molecule has 0 radical (unpaired) electrons. The SMILES string of the molecule is CCCCCC[C@H](C)NC(=O)N1CCN(S(=O)(=O)c2cc(C(N)=O)n(C)c2)CC1. The van der Waals surface area contributed by atoms with E-state index in [-0.39, 0.29) is 35.8 Å². The summed E-state index contributed by atoms with van der Waals surface area (Å²) < 4.78 is 28.4. The summed E-state index contributed by atoms with van der Waals surface area (Å²) in [7, 11) is -2.17. The van der Waals surface area contributed by atoms with E-state index in [4.69, 9.17) is 5.73 Å². The number of hydrogen-bond donors (Lipinski definition) is 2. The molecule has 29 heavy (non-hydrogen) atoms. The maximum Gasteiger partial charge on any atom is 0.317 e. The van der Waals surface area contributed by atoms with Crippen LogP contribution in [0, 0.1) is 0 Å². The van der Waals surface area contributed by atoms with Gasteiger partial charge in [0.15, 0.2) is 0 Å². The molecule has 0 spiro atoms. The van der Waals surface area contributed by atoms with Gasteiger partial charge in [-0.1, -0.05) is 32.6 Å². The van der Waals surface area contributed by atoms with Crippen molar-refractivity contribution in [1.82, 2.24) is 19.1 Å². The van der Waals surface area contributed by atoms with Gasteiger partial charge in [0.2, 0.25) is 10.0 Å². The fourth-order valence-corrected chi connectivity index (χ4v) is 4.95. The van der Waals surface area contributed by atoms with Crippen LogP contribution in [0.25, 0.3) is 0 Å². The highest BCUT2D eigenvalue weighted by Gasteiger charge is 2.31. The Labute approximate surface area is 173 Å². The molecule has 2 rings (SSSR count). The van der Waals surface area contributed by atoms with Gasteiger partial charge >= 0.3 is 6.03 Å². The number of piperazine rings is 1. The van der Waals surface area contributed by atoms with Gasteiger partial charge in [-0.2, -0.15) is 4.31 Å². The highest BCUT2D eigenvalue weighted by Crippen LogP contribution is 2.20. The number of nitrogens with two attached hydrogens (primary N) is 1. The highest BCUT2D eigenvalue weighted by molar-refractivity contribution is 7.89. The largest absolute Gasteiger partial charge is 0.364 e. The van der Waals surface area contributed by atoms with Crippen LogP contribution in [0.2, 0.25) is 0 Å². The molecule has 0 bridgehead atoms. The Bertz CT molecular complexity index is 813. The Hall–Kier alpha value is -2.07. The van der Waals surface area contributed by atoms with Gasteiger partial charge in [-0.15, -0.1) is 0 Å². The molecule has 1 aromatic heterocycles. The Kier molecular flexibility index (Phi) is 8.09. The van der Waals surface area contributed by atoms with Crippen LogP contribution in [0.3, 0.4) is 0 Å². The van der Waals surface area contributed by atoms with Crippen molar-refractivity contribution in [2.24, 2.45) is 12.8 Å². The summed E-state index contributed by atoms with van der Waals surface area (Å²) in [5, 5.41) is 3.00. The Morgan fingerprint density at radius 1 is 1.17 bits per heavy atom. The summed E-state index contributed by atoms with van der Waals surface area (Å²) in [6.45, 7) is 5.23. The lowest BCUT2D eigenvalue weighted by atomic mass is 10.1. The molecular weight excluding hydrogens is 394 g/mol. The molecule has 1 saturated heterocycles. The molecule has 1 aromatic rings. The number of amides is 3. The summed E-state index contributed by atoms with van der Waals surface area (Å²) in [6.07, 6.45) is 6.97. The van der Waals surface area contributed by atoms with Crippen LogP contribution in [-0.2, 0) is 17.1 Å². The molecule has 1 fully saturated rings. The second-order valence-electron chi connectivity index (χ2n) is 7.63. The van der Waals surface area contributed by atoms with Crippen molar-refractivity contribution in [2.45, 2.75) is 56.9 Å². The molecule has 0 unspecified atom stereocenters. The molecule has 9 nitrogen and oxygen atoms in total. The predicted molar refractivity (Wildman–Crippen MR) is 111 cm³/mol. The molecular formula is C19H33N5O4S. The Morgan fingerprint density at radius 2 is 1.83 bits per heavy atom. The third kappa shape index (κ3) is 5.96. The monoisotopic (exact) mass is 427 g/mol. The molecule has 0 saturated carbocycles. The maximum atomic E-state index is 12.8. The normalized spacial score (nSPS) is 16.6. The summed E-state index contributed by atoms with van der Waals surface area (Å²) >= 11 is 0. The van der Waals surface area contributed by atoms with E-state index in [2.05, 4.69) is 12.2 Å². The Balaban J connectivity index is 1.88. The van der Waals surface area contributed by atoms with Gasteiger partial charge in [-0.3, -0.25) is 4.79 Å². The summed E-state index contributed by atoms with van der Waals surface area (Å²) in [5.74, 6) is -0.681. The van der Waals surface area contributed by atoms with E-state index in [0.717, 1.165) is 12.8 Å². The lowest BCUT2D eigenvalue weighted by Crippen LogP contribution is -2.54. The topological polar surface area (TPSA) is 118 Å². The highest BCUT2D eigenvalue weighted by atomic mass is 32.2. The zero-order valence-electron chi connectivity index (χ0n) is 17.6. The third-order valence-electron chi connectivity index (χ3n) is 5.26. The minimum Gasteiger partial charge on any atom is -0.364 e. The quantitative estimate of drug-likeness (QED) is 0.581. The van der Waals surface area contributed by atoms with Gasteiger partial charge < -0.3 is 20.5 Å². The van der Waals surface area contributed by atoms with E-state index >= 15 is 0 Å². The molecule has 0 aromatic carbocycles. The number of primary amides is 1. The first kappa shape index (κ1) is 23.2. The lowest BCUT2D eigenvalue weighted by Gasteiger charge is -2.34. The van der Waals surface area contributed by atoms with Crippen molar-refractivity contribution in [2.75, 3.05) is 26.2 Å². The van der Waals surface area contributed by atoms with Gasteiger partial charge in [0, 0.05) is 45.5 Å². The first-order valence-electron chi connectivity index (χ1n) is 10.2. The molecule has 3 amide bonds. The second-order valence-corrected chi connectivity index (χ2v) is 9.57. The van der Waals surface area contributed by atoms with Gasteiger partial charge in [0.1, 0.15) is 10.6 Å². The van der Waals surface area contributed by atoms with Crippen molar-refractivity contribution < 1.29 is 18.0 Å². The maximum absolute atomic E-state index is 12.8. The predicted octanol–water partition coefficient (Wildman–Crippen LogP) is 1.50. The number of nitrogens with zero attached hydrogens (tertiary/aromatic N) is 3. The van der Waals surface area contributed by atoms with Crippen LogP contribution in [0.1, 0.15) is 56.4 Å². The summed E-state index contributed by atoms with van der Waals surface area (Å²) in [6, 6.07) is 1.23. The number of urea groups is 1. The molecule has 2 heterocycles. The van der Waals surface area contributed by atoms with Crippen LogP contribution in [-0.4, -0.2) is 66.3 Å². The number of rotatable bonds is 9. The average Bonchev–Trinajstić information content (AvgIpc) is 3.08. The number of sulfonamides is 1. The van der Waals surface area contributed by atoms with Crippen LogP contribution < -0.4 is 11.1 Å². The number of carbonyl (C=O) groups is 2. The average molecular weight is 428 g/mol. The van der Waals surface area contributed by atoms with E-state index in [1.807, 2.05) is 6.92 Å². The van der Waals surface area contributed by atoms with Gasteiger partial charge in [-0.25, -0.2) is 13.2 Å². The number of hydrogen-bond acceptors (Lipinski definition) is 4. The van der Waals surface area contributed by atoms with Crippen LogP contribution in [0.15, 0.2) is 17.2 Å². The molecule has 164 valence electrons. The van der Waals surface area contributed by atoms with Gasteiger partial charge in [-0.05, 0) is 19.4 Å². The smallest absolute Gasteiger partial charge is 0.317 e. The third-order valence-corrected chi connectivity index (χ3v) is 7.12. The minimum absolute atomic E-state index is 0.0346. The molecule has 1 atom stereocenters. The van der Waals surface area contributed by atoms with Gasteiger partial charge in [0.05, 0.1) is 0 Å². The summed E-state index contributed by atoms with van der Waals surface area (Å²) in [4.78, 5) is 25.5. The lowest BCUT2D eigenvalue weighted by molar-refractivity contribution is 0.0992. The second kappa shape index (κ2) is 10.1. The van der Waals surface area contributed by atoms with Crippen molar-refractivity contribution in [3.63, 3.8) is 0 Å². The van der Waals surface area contributed by atoms with Crippen molar-refractivity contribution in [3.05, 3.63) is 18.0 Å². The van der Waals surface area contributed by atoms with Crippen LogP contribution in [0.5, 0.6) is 0 Å². The van der Waals surface area contributed by atoms with Gasteiger partial charge in [0.25, 0.3) is 5.91 Å². The fourth-order valence-electron chi connectivity index (χ4n) is 3.45.